The van der Waals surface area contributed by atoms with Gasteiger partial charge in [0.1, 0.15) is 22.0 Å². The fourth-order valence-corrected chi connectivity index (χ4v) is 4.13. The van der Waals surface area contributed by atoms with Crippen LogP contribution in [0.2, 0.25) is 10.0 Å². The summed E-state index contributed by atoms with van der Waals surface area (Å²) in [4.78, 5) is 50.8. The lowest BCUT2D eigenvalue weighted by atomic mass is 10.1. The van der Waals surface area contributed by atoms with Gasteiger partial charge in [-0.1, -0.05) is 46.9 Å². The molecule has 0 aliphatic carbocycles. The number of hydrogen-bond acceptors (Lipinski definition) is 6. The van der Waals surface area contributed by atoms with E-state index < -0.39 is 23.7 Å². The molecule has 3 N–H and O–H groups in total. The zero-order valence-electron chi connectivity index (χ0n) is 18.8. The molecule has 12 heteroatoms. The summed E-state index contributed by atoms with van der Waals surface area (Å²) in [5.41, 5.74) is 0.534. The molecule has 3 amide bonds. The number of nitrogens with one attached hydrogen (secondary N) is 2. The van der Waals surface area contributed by atoms with Gasteiger partial charge in [-0.05, 0) is 42.5 Å². The third kappa shape index (κ3) is 5.24. The maximum absolute atomic E-state index is 13.0. The number of amides is 3. The summed E-state index contributed by atoms with van der Waals surface area (Å²) in [6.07, 6.45) is 0. The van der Waals surface area contributed by atoms with E-state index in [-0.39, 0.29) is 44.0 Å². The summed E-state index contributed by atoms with van der Waals surface area (Å²) in [5, 5.41) is 14.7. The lowest BCUT2D eigenvalue weighted by molar-refractivity contribution is -0.120. The predicted octanol–water partition coefficient (Wildman–Crippen LogP) is 5.39. The van der Waals surface area contributed by atoms with E-state index in [4.69, 9.17) is 39.5 Å². The second kappa shape index (κ2) is 10.5. The number of halogens is 3. The molecule has 3 aromatic carbocycles. The zero-order valence-corrected chi connectivity index (χ0v) is 21.1. The first kappa shape index (κ1) is 26.0. The molecule has 0 bridgehead atoms. The Labute approximate surface area is 225 Å². The summed E-state index contributed by atoms with van der Waals surface area (Å²) < 4.78 is 5.07. The number of imide groups is 1. The highest BCUT2D eigenvalue weighted by atomic mass is 35.5. The number of carbonyl (C=O) groups is 4. The van der Waals surface area contributed by atoms with Crippen LogP contribution in [0.4, 0.5) is 17.1 Å². The van der Waals surface area contributed by atoms with Crippen molar-refractivity contribution in [3.05, 3.63) is 92.6 Å². The van der Waals surface area contributed by atoms with E-state index in [1.165, 1.54) is 37.4 Å². The number of rotatable bonds is 7. The molecule has 4 rings (SSSR count). The van der Waals surface area contributed by atoms with Gasteiger partial charge >= 0.3 is 5.97 Å². The van der Waals surface area contributed by atoms with E-state index in [0.29, 0.717) is 10.7 Å². The molecule has 3 aromatic rings. The van der Waals surface area contributed by atoms with Crippen molar-refractivity contribution in [3.8, 4) is 5.75 Å². The summed E-state index contributed by atoms with van der Waals surface area (Å²) in [6.45, 7) is 0. The highest BCUT2D eigenvalue weighted by Crippen LogP contribution is 2.33. The number of carboxylic acids is 1. The minimum Gasteiger partial charge on any atom is -0.496 e. The molecule has 0 radical (unpaired) electrons. The first-order chi connectivity index (χ1) is 17.6. The Bertz CT molecular complexity index is 1500. The summed E-state index contributed by atoms with van der Waals surface area (Å²) in [7, 11) is 1.29. The molecule has 1 aliphatic heterocycles. The monoisotopic (exact) mass is 559 g/mol. The van der Waals surface area contributed by atoms with Gasteiger partial charge in [-0.15, -0.1) is 0 Å². The predicted molar refractivity (Wildman–Crippen MR) is 140 cm³/mol. The lowest BCUT2D eigenvalue weighted by Gasteiger charge is -2.15. The van der Waals surface area contributed by atoms with Crippen LogP contribution in [0.5, 0.6) is 5.75 Å². The van der Waals surface area contributed by atoms with Gasteiger partial charge in [-0.25, -0.2) is 9.69 Å². The van der Waals surface area contributed by atoms with E-state index in [9.17, 15) is 24.3 Å². The summed E-state index contributed by atoms with van der Waals surface area (Å²) >= 11 is 18.3. The van der Waals surface area contributed by atoms with Gasteiger partial charge in [-0.3, -0.25) is 14.4 Å². The Morgan fingerprint density at radius 1 is 0.946 bits per heavy atom. The SMILES string of the molecule is COc1cc(NC(=O)c2cccc(NC3=C(Cl)C(=O)N(c4cccc(Cl)c4)C3=O)c2)c(Cl)cc1C(=O)O. The molecule has 1 aliphatic rings. The molecule has 0 aromatic heterocycles. The normalized spacial score (nSPS) is 13.1. The molecule has 1 heterocycles. The van der Waals surface area contributed by atoms with Crippen molar-refractivity contribution < 1.29 is 29.0 Å². The van der Waals surface area contributed by atoms with Gasteiger partial charge in [-0.2, -0.15) is 0 Å². The fraction of sp³-hybridized carbons (Fsp3) is 0.0400. The van der Waals surface area contributed by atoms with E-state index >= 15 is 0 Å². The molecule has 0 atom stereocenters. The van der Waals surface area contributed by atoms with E-state index in [1.807, 2.05) is 0 Å². The second-order valence-electron chi connectivity index (χ2n) is 7.61. The minimum absolute atomic E-state index is 0.00561. The number of carboxylic acid groups (broad SMARTS) is 1. The number of ether oxygens (including phenoxy) is 1. The summed E-state index contributed by atoms with van der Waals surface area (Å²) in [5.74, 6) is -3.22. The number of methoxy groups -OCH3 is 1. The number of benzene rings is 3. The van der Waals surface area contributed by atoms with Crippen molar-refractivity contribution in [1.29, 1.82) is 0 Å². The summed E-state index contributed by atoms with van der Waals surface area (Å²) in [6, 6.07) is 14.7. The van der Waals surface area contributed by atoms with Crippen LogP contribution in [0.1, 0.15) is 20.7 Å². The Morgan fingerprint density at radius 2 is 1.68 bits per heavy atom. The van der Waals surface area contributed by atoms with Crippen LogP contribution in [-0.2, 0) is 9.59 Å². The number of carbonyl (C=O) groups excluding carboxylic acids is 3. The topological polar surface area (TPSA) is 125 Å². The molecular formula is C25H16Cl3N3O6. The highest BCUT2D eigenvalue weighted by Gasteiger charge is 2.39. The van der Waals surface area contributed by atoms with Gasteiger partial charge in [0, 0.05) is 22.3 Å². The zero-order chi connectivity index (χ0) is 26.9. The van der Waals surface area contributed by atoms with Gasteiger partial charge < -0.3 is 20.5 Å². The average Bonchev–Trinajstić information content (AvgIpc) is 3.08. The molecule has 0 fully saturated rings. The van der Waals surface area contributed by atoms with Crippen LogP contribution in [-0.4, -0.2) is 35.9 Å². The van der Waals surface area contributed by atoms with Crippen LogP contribution >= 0.6 is 34.8 Å². The van der Waals surface area contributed by atoms with Gasteiger partial charge in [0.2, 0.25) is 0 Å². The van der Waals surface area contributed by atoms with Gasteiger partial charge in [0.15, 0.2) is 0 Å². The van der Waals surface area contributed by atoms with Crippen molar-refractivity contribution in [2.75, 3.05) is 22.6 Å². The van der Waals surface area contributed by atoms with Crippen LogP contribution < -0.4 is 20.3 Å². The number of aromatic carboxylic acids is 1. The Morgan fingerprint density at radius 3 is 2.35 bits per heavy atom. The minimum atomic E-state index is -1.24. The standard InChI is InChI=1S/C25H16Cl3N3O6/c1-37-19-11-18(17(27)10-16(19)25(35)36)30-22(32)12-4-2-6-14(8-12)29-21-20(28)23(33)31(24(21)34)15-7-3-5-13(26)9-15/h2-11,29H,1H3,(H,30,32)(H,35,36). The molecule has 188 valence electrons. The van der Waals surface area contributed by atoms with E-state index in [2.05, 4.69) is 10.6 Å². The number of anilines is 3. The maximum atomic E-state index is 13.0. The molecular weight excluding hydrogens is 545 g/mol. The van der Waals surface area contributed by atoms with E-state index in [1.54, 1.807) is 30.3 Å². The third-order valence-corrected chi connectivity index (χ3v) is 6.15. The maximum Gasteiger partial charge on any atom is 0.339 e. The fourth-order valence-electron chi connectivity index (χ4n) is 3.52. The Hall–Kier alpha value is -4.05. The van der Waals surface area contributed by atoms with Gasteiger partial charge in [0.25, 0.3) is 17.7 Å². The van der Waals surface area contributed by atoms with Crippen molar-refractivity contribution in [2.24, 2.45) is 0 Å². The quantitative estimate of drug-likeness (QED) is 0.331. The second-order valence-corrected chi connectivity index (χ2v) is 8.83. The smallest absolute Gasteiger partial charge is 0.339 e. The third-order valence-electron chi connectivity index (χ3n) is 5.26. The molecule has 0 unspecified atom stereocenters. The largest absolute Gasteiger partial charge is 0.496 e. The molecule has 0 saturated carbocycles. The van der Waals surface area contributed by atoms with Crippen molar-refractivity contribution in [1.82, 2.24) is 0 Å². The molecule has 37 heavy (non-hydrogen) atoms. The lowest BCUT2D eigenvalue weighted by Crippen LogP contribution is -2.32. The van der Waals surface area contributed by atoms with Crippen molar-refractivity contribution >= 4 is 75.6 Å². The Balaban J connectivity index is 1.55. The number of hydrogen-bond donors (Lipinski definition) is 3. The van der Waals surface area contributed by atoms with Crippen LogP contribution in [0.3, 0.4) is 0 Å². The van der Waals surface area contributed by atoms with Crippen LogP contribution in [0.25, 0.3) is 0 Å². The van der Waals surface area contributed by atoms with E-state index in [0.717, 1.165) is 4.90 Å². The van der Waals surface area contributed by atoms with Crippen molar-refractivity contribution in [2.45, 2.75) is 0 Å². The Kier molecular flexibility index (Phi) is 7.40. The number of nitrogens with zero attached hydrogens (tertiary/aromatic N) is 1. The van der Waals surface area contributed by atoms with Crippen LogP contribution in [0.15, 0.2) is 71.4 Å². The highest BCUT2D eigenvalue weighted by molar-refractivity contribution is 6.53. The first-order valence-electron chi connectivity index (χ1n) is 10.4. The molecule has 0 spiro atoms. The first-order valence-corrected chi connectivity index (χ1v) is 11.6. The molecule has 9 nitrogen and oxygen atoms in total. The van der Waals surface area contributed by atoms with Crippen LogP contribution in [0, 0.1) is 0 Å². The molecule has 0 saturated heterocycles. The van der Waals surface area contributed by atoms with Crippen molar-refractivity contribution in [3.63, 3.8) is 0 Å². The average molecular weight is 561 g/mol. The van der Waals surface area contributed by atoms with Gasteiger partial charge in [0.05, 0.1) is 23.5 Å².